The molecule has 0 saturated heterocycles. The number of halogens is 2. The number of hydrogen-bond acceptors (Lipinski definition) is 1. The topological polar surface area (TPSA) is 30.9 Å². The minimum Gasteiger partial charge on any atom is -0.399 e. The van der Waals surface area contributed by atoms with E-state index in [-0.39, 0.29) is 0 Å². The van der Waals surface area contributed by atoms with Crippen LogP contribution in [0.25, 0.3) is 10.9 Å². The predicted molar refractivity (Wildman–Crippen MR) is 81.9 cm³/mol. The molecule has 0 radical (unpaired) electrons. The fraction of sp³-hybridized carbons (Fsp3) is 0.0667. The molecule has 0 spiro atoms. The second-order valence-corrected chi connectivity index (χ2v) is 5.34. The Kier molecular flexibility index (Phi) is 3.13. The number of anilines is 1. The first kappa shape index (κ1) is 12.4. The van der Waals surface area contributed by atoms with Crippen LogP contribution in [0.1, 0.15) is 5.56 Å². The fourth-order valence-corrected chi connectivity index (χ4v) is 2.56. The summed E-state index contributed by atoms with van der Waals surface area (Å²) in [6, 6.07) is 13.4. The number of nitrogen functional groups attached to an aromatic ring is 1. The zero-order valence-electron chi connectivity index (χ0n) is 10.1. The Morgan fingerprint density at radius 2 is 1.84 bits per heavy atom. The van der Waals surface area contributed by atoms with E-state index < -0.39 is 0 Å². The molecule has 3 rings (SSSR count). The number of benzene rings is 2. The van der Waals surface area contributed by atoms with Gasteiger partial charge >= 0.3 is 0 Å². The Balaban J connectivity index is 2.05. The van der Waals surface area contributed by atoms with E-state index in [0.717, 1.165) is 27.2 Å². The molecule has 3 aromatic rings. The monoisotopic (exact) mass is 290 g/mol. The Morgan fingerprint density at radius 1 is 1.00 bits per heavy atom. The van der Waals surface area contributed by atoms with Crippen LogP contribution in [0.15, 0.2) is 48.7 Å². The van der Waals surface area contributed by atoms with Gasteiger partial charge in [0.15, 0.2) is 0 Å². The molecule has 1 heterocycles. The predicted octanol–water partition coefficient (Wildman–Crippen LogP) is 4.58. The first-order valence-electron chi connectivity index (χ1n) is 5.92. The molecule has 0 aliphatic heterocycles. The number of aromatic nitrogens is 1. The van der Waals surface area contributed by atoms with Crippen molar-refractivity contribution in [1.29, 1.82) is 0 Å². The normalized spacial score (nSPS) is 11.1. The van der Waals surface area contributed by atoms with Gasteiger partial charge in [-0.1, -0.05) is 29.3 Å². The Hall–Kier alpha value is -1.64. The van der Waals surface area contributed by atoms with E-state index in [4.69, 9.17) is 28.9 Å². The fourth-order valence-electron chi connectivity index (χ4n) is 2.19. The van der Waals surface area contributed by atoms with Crippen molar-refractivity contribution in [2.45, 2.75) is 6.54 Å². The van der Waals surface area contributed by atoms with Crippen LogP contribution in [0, 0.1) is 0 Å². The van der Waals surface area contributed by atoms with Gasteiger partial charge in [0.25, 0.3) is 0 Å². The van der Waals surface area contributed by atoms with Crippen molar-refractivity contribution in [3.05, 3.63) is 64.3 Å². The highest BCUT2D eigenvalue weighted by Crippen LogP contribution is 2.24. The molecule has 2 nitrogen and oxygen atoms in total. The molecule has 0 fully saturated rings. The van der Waals surface area contributed by atoms with Crippen LogP contribution in [0.2, 0.25) is 10.0 Å². The van der Waals surface area contributed by atoms with E-state index in [1.54, 1.807) is 6.07 Å². The van der Waals surface area contributed by atoms with Crippen molar-refractivity contribution >= 4 is 39.8 Å². The molecule has 0 saturated carbocycles. The van der Waals surface area contributed by atoms with Crippen LogP contribution in [-0.4, -0.2) is 4.57 Å². The summed E-state index contributed by atoms with van der Waals surface area (Å²) >= 11 is 12.2. The van der Waals surface area contributed by atoms with Crippen molar-refractivity contribution in [1.82, 2.24) is 4.57 Å². The van der Waals surface area contributed by atoms with Crippen LogP contribution in [0.3, 0.4) is 0 Å². The van der Waals surface area contributed by atoms with Gasteiger partial charge in [-0.3, -0.25) is 0 Å². The summed E-state index contributed by atoms with van der Waals surface area (Å²) in [4.78, 5) is 0. The molecule has 0 atom stereocenters. The third-order valence-electron chi connectivity index (χ3n) is 3.15. The smallest absolute Gasteiger partial charge is 0.0504 e. The van der Waals surface area contributed by atoms with E-state index in [1.807, 2.05) is 36.5 Å². The first-order chi connectivity index (χ1) is 9.13. The van der Waals surface area contributed by atoms with Gasteiger partial charge in [0.05, 0.1) is 5.52 Å². The number of rotatable bonds is 2. The third kappa shape index (κ3) is 2.42. The molecular formula is C15H12Cl2N2. The highest BCUT2D eigenvalue weighted by atomic mass is 35.5. The van der Waals surface area contributed by atoms with Gasteiger partial charge in [-0.2, -0.15) is 0 Å². The van der Waals surface area contributed by atoms with Gasteiger partial charge in [0.2, 0.25) is 0 Å². The molecule has 2 N–H and O–H groups in total. The van der Waals surface area contributed by atoms with Crippen LogP contribution < -0.4 is 5.73 Å². The van der Waals surface area contributed by atoms with Crippen LogP contribution in [0.5, 0.6) is 0 Å². The minimum atomic E-state index is 0.673. The quantitative estimate of drug-likeness (QED) is 0.688. The lowest BCUT2D eigenvalue weighted by molar-refractivity contribution is 0.837. The number of nitrogens with zero attached hydrogens (tertiary/aromatic N) is 1. The van der Waals surface area contributed by atoms with Crippen LogP contribution in [-0.2, 0) is 6.54 Å². The maximum atomic E-state index is 6.20. The van der Waals surface area contributed by atoms with Crippen molar-refractivity contribution < 1.29 is 0 Å². The van der Waals surface area contributed by atoms with E-state index in [2.05, 4.69) is 10.6 Å². The second-order valence-electron chi connectivity index (χ2n) is 4.50. The number of hydrogen-bond donors (Lipinski definition) is 1. The Morgan fingerprint density at radius 3 is 2.68 bits per heavy atom. The van der Waals surface area contributed by atoms with Crippen LogP contribution >= 0.6 is 23.2 Å². The molecular weight excluding hydrogens is 279 g/mol. The molecule has 0 bridgehead atoms. The zero-order chi connectivity index (χ0) is 13.4. The van der Waals surface area contributed by atoms with E-state index in [9.17, 15) is 0 Å². The van der Waals surface area contributed by atoms with Gasteiger partial charge in [0, 0.05) is 28.5 Å². The highest BCUT2D eigenvalue weighted by Gasteiger charge is 2.06. The molecule has 19 heavy (non-hydrogen) atoms. The van der Waals surface area contributed by atoms with E-state index in [1.165, 1.54) is 0 Å². The molecule has 0 unspecified atom stereocenters. The van der Waals surface area contributed by atoms with Gasteiger partial charge in [-0.25, -0.2) is 0 Å². The summed E-state index contributed by atoms with van der Waals surface area (Å²) in [6.07, 6.45) is 2.03. The molecule has 0 amide bonds. The number of fused-ring (bicyclic) bond motifs is 1. The minimum absolute atomic E-state index is 0.673. The molecule has 96 valence electrons. The SMILES string of the molecule is Nc1ccc2ccn(Cc3cc(Cl)ccc3Cl)c2c1. The van der Waals surface area contributed by atoms with Crippen molar-refractivity contribution in [2.24, 2.45) is 0 Å². The van der Waals surface area contributed by atoms with E-state index in [0.29, 0.717) is 11.6 Å². The summed E-state index contributed by atoms with van der Waals surface area (Å²) in [6.45, 7) is 0.673. The average molecular weight is 291 g/mol. The zero-order valence-corrected chi connectivity index (χ0v) is 11.6. The standard InChI is InChI=1S/C15H12Cl2N2/c16-12-2-4-14(17)11(7-12)9-19-6-5-10-1-3-13(18)8-15(10)19/h1-8H,9,18H2. The maximum Gasteiger partial charge on any atom is 0.0504 e. The summed E-state index contributed by atoms with van der Waals surface area (Å²) < 4.78 is 2.11. The third-order valence-corrected chi connectivity index (χ3v) is 3.75. The van der Waals surface area contributed by atoms with Crippen molar-refractivity contribution in [2.75, 3.05) is 5.73 Å². The maximum absolute atomic E-state index is 6.20. The van der Waals surface area contributed by atoms with E-state index >= 15 is 0 Å². The second kappa shape index (κ2) is 4.80. The van der Waals surface area contributed by atoms with Gasteiger partial charge < -0.3 is 10.3 Å². The summed E-state index contributed by atoms with van der Waals surface area (Å²) in [5.74, 6) is 0. The lowest BCUT2D eigenvalue weighted by Gasteiger charge is -2.08. The molecule has 0 aliphatic rings. The summed E-state index contributed by atoms with van der Waals surface area (Å²) in [5.41, 5.74) is 8.68. The first-order valence-corrected chi connectivity index (χ1v) is 6.67. The largest absolute Gasteiger partial charge is 0.399 e. The highest BCUT2D eigenvalue weighted by molar-refractivity contribution is 6.33. The lowest BCUT2D eigenvalue weighted by atomic mass is 10.2. The van der Waals surface area contributed by atoms with Gasteiger partial charge in [-0.15, -0.1) is 0 Å². The summed E-state index contributed by atoms with van der Waals surface area (Å²) in [7, 11) is 0. The molecule has 0 aliphatic carbocycles. The Labute approximate surface area is 121 Å². The van der Waals surface area contributed by atoms with Gasteiger partial charge in [-0.05, 0) is 47.3 Å². The van der Waals surface area contributed by atoms with Crippen LogP contribution in [0.4, 0.5) is 5.69 Å². The lowest BCUT2D eigenvalue weighted by Crippen LogP contribution is -1.99. The Bertz CT molecular complexity index is 747. The molecule has 4 heteroatoms. The van der Waals surface area contributed by atoms with Crippen molar-refractivity contribution in [3.8, 4) is 0 Å². The van der Waals surface area contributed by atoms with Crippen molar-refractivity contribution in [3.63, 3.8) is 0 Å². The average Bonchev–Trinajstić information content (AvgIpc) is 2.77. The molecule has 2 aromatic carbocycles. The number of nitrogens with two attached hydrogens (primary N) is 1. The molecule has 1 aromatic heterocycles. The summed E-state index contributed by atoms with van der Waals surface area (Å²) in [5, 5.41) is 2.57. The van der Waals surface area contributed by atoms with Gasteiger partial charge in [0.1, 0.15) is 0 Å².